The normalized spacial score (nSPS) is 23.0. The SMILES string of the molecule is CN1CCCC(N(C)CC(N)(C(=O)O)c2ccccc2)C1. The Hall–Kier alpha value is -1.43. The van der Waals surface area contributed by atoms with E-state index in [0.29, 0.717) is 18.2 Å². The molecule has 1 aromatic carbocycles. The van der Waals surface area contributed by atoms with E-state index < -0.39 is 11.5 Å². The molecule has 3 N–H and O–H groups in total. The molecular weight excluding hydrogens is 266 g/mol. The molecule has 21 heavy (non-hydrogen) atoms. The van der Waals surface area contributed by atoms with Crippen molar-refractivity contribution in [2.45, 2.75) is 24.4 Å². The lowest BCUT2D eigenvalue weighted by Gasteiger charge is -2.39. The number of nitrogens with zero attached hydrogens (tertiary/aromatic N) is 2. The van der Waals surface area contributed by atoms with Crippen LogP contribution < -0.4 is 5.73 Å². The second-order valence-corrected chi connectivity index (χ2v) is 6.12. The number of likely N-dealkylation sites (tertiary alicyclic amines) is 1. The summed E-state index contributed by atoms with van der Waals surface area (Å²) in [5.41, 5.74) is 5.53. The van der Waals surface area contributed by atoms with Crippen molar-refractivity contribution < 1.29 is 9.90 Å². The molecule has 5 heteroatoms. The first-order valence-electron chi connectivity index (χ1n) is 7.40. The number of benzene rings is 1. The lowest BCUT2D eigenvalue weighted by Crippen LogP contribution is -2.56. The quantitative estimate of drug-likeness (QED) is 0.845. The average Bonchev–Trinajstić information content (AvgIpc) is 2.47. The van der Waals surface area contributed by atoms with Crippen LogP contribution in [0.25, 0.3) is 0 Å². The molecule has 0 aliphatic carbocycles. The van der Waals surface area contributed by atoms with Crippen molar-refractivity contribution in [2.75, 3.05) is 33.7 Å². The second-order valence-electron chi connectivity index (χ2n) is 6.12. The maximum atomic E-state index is 11.7. The molecule has 0 saturated carbocycles. The molecule has 1 aromatic rings. The Morgan fingerprint density at radius 3 is 2.71 bits per heavy atom. The lowest BCUT2D eigenvalue weighted by molar-refractivity contribution is -0.144. The predicted molar refractivity (Wildman–Crippen MR) is 83.1 cm³/mol. The molecule has 1 aliphatic rings. The van der Waals surface area contributed by atoms with Crippen molar-refractivity contribution in [2.24, 2.45) is 5.73 Å². The Bertz CT molecular complexity index is 480. The molecular formula is C16H25N3O2. The highest BCUT2D eigenvalue weighted by Crippen LogP contribution is 2.22. The third-order valence-corrected chi connectivity index (χ3v) is 4.39. The first-order chi connectivity index (χ1) is 9.93. The first-order valence-corrected chi connectivity index (χ1v) is 7.40. The summed E-state index contributed by atoms with van der Waals surface area (Å²) in [5.74, 6) is -0.982. The Balaban J connectivity index is 2.14. The second kappa shape index (κ2) is 6.56. The van der Waals surface area contributed by atoms with Gasteiger partial charge >= 0.3 is 5.97 Å². The van der Waals surface area contributed by atoms with Gasteiger partial charge in [0, 0.05) is 19.1 Å². The van der Waals surface area contributed by atoms with E-state index in [9.17, 15) is 9.90 Å². The summed E-state index contributed by atoms with van der Waals surface area (Å²) in [5, 5.41) is 9.62. The first kappa shape index (κ1) is 15.9. The van der Waals surface area contributed by atoms with Crippen LogP contribution in [0.5, 0.6) is 0 Å². The molecule has 2 unspecified atom stereocenters. The van der Waals surface area contributed by atoms with Gasteiger partial charge in [0.1, 0.15) is 0 Å². The van der Waals surface area contributed by atoms with E-state index in [1.165, 1.54) is 0 Å². The van der Waals surface area contributed by atoms with Gasteiger partial charge in [0.05, 0.1) is 0 Å². The van der Waals surface area contributed by atoms with Gasteiger partial charge in [-0.3, -0.25) is 4.90 Å². The van der Waals surface area contributed by atoms with Crippen LogP contribution >= 0.6 is 0 Å². The Morgan fingerprint density at radius 2 is 2.14 bits per heavy atom. The van der Waals surface area contributed by atoms with E-state index in [1.807, 2.05) is 25.2 Å². The third-order valence-electron chi connectivity index (χ3n) is 4.39. The number of nitrogens with two attached hydrogens (primary N) is 1. The molecule has 0 spiro atoms. The Kier molecular flexibility index (Phi) is 4.98. The van der Waals surface area contributed by atoms with E-state index in [2.05, 4.69) is 16.8 Å². The van der Waals surface area contributed by atoms with Crippen molar-refractivity contribution >= 4 is 5.97 Å². The number of carboxylic acids is 1. The van der Waals surface area contributed by atoms with Crippen LogP contribution in [0.1, 0.15) is 18.4 Å². The van der Waals surface area contributed by atoms with Crippen molar-refractivity contribution in [3.8, 4) is 0 Å². The van der Waals surface area contributed by atoms with Crippen LogP contribution in [0.4, 0.5) is 0 Å². The van der Waals surface area contributed by atoms with Crippen LogP contribution in [0.3, 0.4) is 0 Å². The van der Waals surface area contributed by atoms with E-state index in [4.69, 9.17) is 5.73 Å². The fourth-order valence-corrected chi connectivity index (χ4v) is 3.04. The molecule has 2 rings (SSSR count). The van der Waals surface area contributed by atoms with Crippen LogP contribution in [0.15, 0.2) is 30.3 Å². The Labute approximate surface area is 126 Å². The number of rotatable bonds is 5. The minimum Gasteiger partial charge on any atom is -0.480 e. The zero-order valence-electron chi connectivity index (χ0n) is 12.8. The number of likely N-dealkylation sites (N-methyl/N-ethyl adjacent to an activating group) is 2. The largest absolute Gasteiger partial charge is 0.480 e. The summed E-state index contributed by atoms with van der Waals surface area (Å²) in [4.78, 5) is 16.1. The summed E-state index contributed by atoms with van der Waals surface area (Å²) < 4.78 is 0. The maximum Gasteiger partial charge on any atom is 0.329 e. The fourth-order valence-electron chi connectivity index (χ4n) is 3.04. The maximum absolute atomic E-state index is 11.7. The zero-order chi connectivity index (χ0) is 15.5. The molecule has 0 aromatic heterocycles. The molecule has 1 saturated heterocycles. The molecule has 2 atom stereocenters. The average molecular weight is 291 g/mol. The van der Waals surface area contributed by atoms with Crippen molar-refractivity contribution in [3.05, 3.63) is 35.9 Å². The summed E-state index contributed by atoms with van der Waals surface area (Å²) in [6.07, 6.45) is 2.23. The standard InChI is InChI=1S/C16H25N3O2/c1-18-10-6-9-14(11-18)19(2)12-16(17,15(20)21)13-7-4-3-5-8-13/h3-5,7-8,14H,6,9-12,17H2,1-2H3,(H,20,21). The summed E-state index contributed by atoms with van der Waals surface area (Å²) in [6, 6.07) is 9.45. The Morgan fingerprint density at radius 1 is 1.48 bits per heavy atom. The number of piperidine rings is 1. The van der Waals surface area contributed by atoms with Gasteiger partial charge in [0.15, 0.2) is 5.54 Å². The van der Waals surface area contributed by atoms with Gasteiger partial charge in [-0.15, -0.1) is 0 Å². The highest BCUT2D eigenvalue weighted by molar-refractivity contribution is 5.80. The summed E-state index contributed by atoms with van der Waals surface area (Å²) >= 11 is 0. The van der Waals surface area contributed by atoms with Gasteiger partial charge in [-0.05, 0) is 39.0 Å². The van der Waals surface area contributed by atoms with Crippen molar-refractivity contribution in [1.29, 1.82) is 0 Å². The van der Waals surface area contributed by atoms with Gasteiger partial charge in [0.2, 0.25) is 0 Å². The molecule has 0 amide bonds. The zero-order valence-corrected chi connectivity index (χ0v) is 12.8. The van der Waals surface area contributed by atoms with Crippen molar-refractivity contribution in [1.82, 2.24) is 9.80 Å². The van der Waals surface area contributed by atoms with E-state index >= 15 is 0 Å². The predicted octanol–water partition coefficient (Wildman–Crippen LogP) is 0.951. The smallest absolute Gasteiger partial charge is 0.329 e. The van der Waals surface area contributed by atoms with Gasteiger partial charge < -0.3 is 15.7 Å². The van der Waals surface area contributed by atoms with Gasteiger partial charge in [-0.2, -0.15) is 0 Å². The van der Waals surface area contributed by atoms with E-state index in [-0.39, 0.29) is 0 Å². The lowest BCUT2D eigenvalue weighted by atomic mass is 9.89. The van der Waals surface area contributed by atoms with Crippen LogP contribution in [-0.4, -0.2) is 60.6 Å². The molecule has 1 fully saturated rings. The van der Waals surface area contributed by atoms with Crippen molar-refractivity contribution in [3.63, 3.8) is 0 Å². The number of carbonyl (C=O) groups is 1. The molecule has 5 nitrogen and oxygen atoms in total. The highest BCUT2D eigenvalue weighted by Gasteiger charge is 2.38. The van der Waals surface area contributed by atoms with Crippen LogP contribution in [-0.2, 0) is 10.3 Å². The topological polar surface area (TPSA) is 69.8 Å². The van der Waals surface area contributed by atoms with Gasteiger partial charge in [-0.25, -0.2) is 4.79 Å². The molecule has 116 valence electrons. The van der Waals surface area contributed by atoms with Gasteiger partial charge in [0.25, 0.3) is 0 Å². The number of carboxylic acid groups (broad SMARTS) is 1. The highest BCUT2D eigenvalue weighted by atomic mass is 16.4. The van der Waals surface area contributed by atoms with E-state index in [0.717, 1.165) is 25.9 Å². The minimum atomic E-state index is -1.37. The number of aliphatic carboxylic acids is 1. The molecule has 0 radical (unpaired) electrons. The number of hydrogen-bond acceptors (Lipinski definition) is 4. The van der Waals surface area contributed by atoms with Crippen LogP contribution in [0.2, 0.25) is 0 Å². The van der Waals surface area contributed by atoms with E-state index in [1.54, 1.807) is 12.1 Å². The van der Waals surface area contributed by atoms with Crippen LogP contribution in [0, 0.1) is 0 Å². The third kappa shape index (κ3) is 3.61. The minimum absolute atomic E-state index is 0.310. The van der Waals surface area contributed by atoms with Gasteiger partial charge in [-0.1, -0.05) is 30.3 Å². The monoisotopic (exact) mass is 291 g/mol. The molecule has 0 bridgehead atoms. The molecule has 1 heterocycles. The fraction of sp³-hybridized carbons (Fsp3) is 0.562. The summed E-state index contributed by atoms with van der Waals surface area (Å²) in [6.45, 7) is 2.38. The number of hydrogen-bond donors (Lipinski definition) is 2. The molecule has 1 aliphatic heterocycles. The summed E-state index contributed by atoms with van der Waals surface area (Å²) in [7, 11) is 4.07.